The minimum atomic E-state index is -1.12. The van der Waals surface area contributed by atoms with Gasteiger partial charge in [0, 0.05) is 16.7 Å². The van der Waals surface area contributed by atoms with Crippen molar-refractivity contribution in [3.05, 3.63) is 71.3 Å². The first-order valence-corrected chi connectivity index (χ1v) is 8.21. The Morgan fingerprint density at radius 2 is 1.62 bits per heavy atom. The van der Waals surface area contributed by atoms with Gasteiger partial charge in [-0.1, -0.05) is 37.0 Å². The molecule has 2 amide bonds. The number of hydrogen-bond donors (Lipinski definition) is 4. The van der Waals surface area contributed by atoms with E-state index >= 15 is 0 Å². The molecule has 0 saturated carbocycles. The second-order valence-electron chi connectivity index (χ2n) is 5.63. The van der Waals surface area contributed by atoms with Crippen LogP contribution in [0.1, 0.15) is 34.8 Å². The van der Waals surface area contributed by atoms with Crippen LogP contribution in [0.4, 0.5) is 0 Å². The summed E-state index contributed by atoms with van der Waals surface area (Å²) >= 11 is 0. The van der Waals surface area contributed by atoms with Crippen molar-refractivity contribution in [2.24, 2.45) is 5.84 Å². The summed E-state index contributed by atoms with van der Waals surface area (Å²) in [7, 11) is 0. The van der Waals surface area contributed by atoms with Crippen LogP contribution in [-0.2, 0) is 4.79 Å². The summed E-state index contributed by atoms with van der Waals surface area (Å²) in [5.41, 5.74) is 3.96. The number of benzene rings is 2. The van der Waals surface area contributed by atoms with Crippen LogP contribution in [0, 0.1) is 11.8 Å². The number of nitrogens with one attached hydrogen (secondary N) is 2. The molecule has 26 heavy (non-hydrogen) atoms. The smallest absolute Gasteiger partial charge is 0.259 e. The fourth-order valence-electron chi connectivity index (χ4n) is 2.26. The summed E-state index contributed by atoms with van der Waals surface area (Å²) in [6, 6.07) is 15.1. The summed E-state index contributed by atoms with van der Waals surface area (Å²) < 4.78 is 0. The van der Waals surface area contributed by atoms with Gasteiger partial charge in [-0.3, -0.25) is 15.0 Å². The van der Waals surface area contributed by atoms with Crippen LogP contribution in [0.2, 0.25) is 0 Å². The molecule has 0 aromatic heterocycles. The van der Waals surface area contributed by atoms with Gasteiger partial charge >= 0.3 is 0 Å². The monoisotopic (exact) mass is 351 g/mol. The van der Waals surface area contributed by atoms with Crippen LogP contribution in [0.3, 0.4) is 0 Å². The van der Waals surface area contributed by atoms with E-state index in [0.717, 1.165) is 11.1 Å². The van der Waals surface area contributed by atoms with Gasteiger partial charge in [0.2, 0.25) is 0 Å². The van der Waals surface area contributed by atoms with E-state index in [1.807, 2.05) is 35.8 Å². The summed E-state index contributed by atoms with van der Waals surface area (Å²) in [5, 5.41) is 12.4. The lowest BCUT2D eigenvalue weighted by molar-refractivity contribution is -0.125. The molecule has 0 heterocycles. The van der Waals surface area contributed by atoms with Gasteiger partial charge in [0.05, 0.1) is 6.10 Å². The SMILES string of the molecule is CC[C@@H](O)[C@H](NC(=O)c1ccc(C#Cc2ccccc2)cc1)C(=O)NN. The first-order valence-electron chi connectivity index (χ1n) is 8.21. The maximum absolute atomic E-state index is 12.3. The fourth-order valence-corrected chi connectivity index (χ4v) is 2.26. The normalized spacial score (nSPS) is 12.3. The number of hydrogen-bond acceptors (Lipinski definition) is 4. The molecule has 0 aliphatic heterocycles. The van der Waals surface area contributed by atoms with E-state index in [-0.39, 0.29) is 0 Å². The van der Waals surface area contributed by atoms with E-state index in [1.54, 1.807) is 31.2 Å². The van der Waals surface area contributed by atoms with E-state index in [4.69, 9.17) is 5.84 Å². The Labute approximate surface area is 152 Å². The number of amides is 2. The van der Waals surface area contributed by atoms with Gasteiger partial charge in [-0.2, -0.15) is 0 Å². The Morgan fingerprint density at radius 1 is 1.04 bits per heavy atom. The van der Waals surface area contributed by atoms with Crippen LogP contribution in [-0.4, -0.2) is 29.1 Å². The van der Waals surface area contributed by atoms with Gasteiger partial charge in [-0.05, 0) is 42.8 Å². The molecule has 0 bridgehead atoms. The molecule has 2 aromatic rings. The molecule has 6 heteroatoms. The number of hydrazine groups is 1. The van der Waals surface area contributed by atoms with Crippen LogP contribution < -0.4 is 16.6 Å². The number of rotatable bonds is 5. The van der Waals surface area contributed by atoms with Crippen LogP contribution >= 0.6 is 0 Å². The average Bonchev–Trinajstić information content (AvgIpc) is 2.70. The quantitative estimate of drug-likeness (QED) is 0.279. The Kier molecular flexibility index (Phi) is 6.92. The van der Waals surface area contributed by atoms with E-state index < -0.39 is 24.0 Å². The second kappa shape index (κ2) is 9.37. The predicted molar refractivity (Wildman–Crippen MR) is 98.7 cm³/mol. The van der Waals surface area contributed by atoms with Gasteiger partial charge in [0.25, 0.3) is 11.8 Å². The number of nitrogens with two attached hydrogens (primary N) is 1. The Bertz CT molecular complexity index is 808. The summed E-state index contributed by atoms with van der Waals surface area (Å²) in [6.45, 7) is 1.70. The third-order valence-corrected chi connectivity index (χ3v) is 3.79. The Balaban J connectivity index is 2.08. The van der Waals surface area contributed by atoms with Gasteiger partial charge in [0.15, 0.2) is 0 Å². The van der Waals surface area contributed by atoms with Crippen molar-refractivity contribution >= 4 is 11.8 Å². The third-order valence-electron chi connectivity index (χ3n) is 3.79. The molecule has 134 valence electrons. The first-order chi connectivity index (χ1) is 12.5. The highest BCUT2D eigenvalue weighted by Gasteiger charge is 2.27. The molecule has 0 fully saturated rings. The highest BCUT2D eigenvalue weighted by atomic mass is 16.3. The van der Waals surface area contributed by atoms with Crippen molar-refractivity contribution in [2.75, 3.05) is 0 Å². The Hall–Kier alpha value is -3.14. The average molecular weight is 351 g/mol. The van der Waals surface area contributed by atoms with Gasteiger partial charge in [-0.15, -0.1) is 0 Å². The molecule has 0 radical (unpaired) electrons. The van der Waals surface area contributed by atoms with E-state index in [0.29, 0.717) is 12.0 Å². The van der Waals surface area contributed by atoms with Gasteiger partial charge in [0.1, 0.15) is 6.04 Å². The molecule has 5 N–H and O–H groups in total. The maximum atomic E-state index is 12.3. The molecular weight excluding hydrogens is 330 g/mol. The lowest BCUT2D eigenvalue weighted by atomic mass is 10.1. The molecule has 0 spiro atoms. The van der Waals surface area contributed by atoms with Gasteiger partial charge in [-0.25, -0.2) is 5.84 Å². The molecule has 0 unspecified atom stereocenters. The number of carbonyl (C=O) groups is 2. The molecular formula is C20H21N3O3. The Morgan fingerprint density at radius 3 is 2.15 bits per heavy atom. The number of carbonyl (C=O) groups excluding carboxylic acids is 2. The highest BCUT2D eigenvalue weighted by molar-refractivity contribution is 5.97. The summed E-state index contributed by atoms with van der Waals surface area (Å²) in [5.74, 6) is 10.0. The summed E-state index contributed by atoms with van der Waals surface area (Å²) in [6.07, 6.45) is -0.731. The third kappa shape index (κ3) is 5.18. The minimum Gasteiger partial charge on any atom is -0.390 e. The topological polar surface area (TPSA) is 104 Å². The summed E-state index contributed by atoms with van der Waals surface area (Å²) in [4.78, 5) is 24.0. The fraction of sp³-hybridized carbons (Fsp3) is 0.200. The predicted octanol–water partition coefficient (Wildman–Crippen LogP) is 0.946. The zero-order valence-corrected chi connectivity index (χ0v) is 14.4. The van der Waals surface area contributed by atoms with Gasteiger partial charge < -0.3 is 10.4 Å². The lowest BCUT2D eigenvalue weighted by Gasteiger charge is -2.21. The molecule has 2 rings (SSSR count). The second-order valence-corrected chi connectivity index (χ2v) is 5.63. The molecule has 6 nitrogen and oxygen atoms in total. The highest BCUT2D eigenvalue weighted by Crippen LogP contribution is 2.06. The number of aliphatic hydroxyl groups is 1. The molecule has 2 aromatic carbocycles. The molecule has 2 atom stereocenters. The van der Waals surface area contributed by atoms with Crippen molar-refractivity contribution in [2.45, 2.75) is 25.5 Å². The van der Waals surface area contributed by atoms with E-state index in [9.17, 15) is 14.7 Å². The van der Waals surface area contributed by atoms with E-state index in [2.05, 4.69) is 17.2 Å². The van der Waals surface area contributed by atoms with Crippen LogP contribution in [0.25, 0.3) is 0 Å². The van der Waals surface area contributed by atoms with E-state index in [1.165, 1.54) is 0 Å². The van der Waals surface area contributed by atoms with Crippen LogP contribution in [0.15, 0.2) is 54.6 Å². The van der Waals surface area contributed by atoms with Crippen LogP contribution in [0.5, 0.6) is 0 Å². The van der Waals surface area contributed by atoms with Crippen molar-refractivity contribution in [3.63, 3.8) is 0 Å². The van der Waals surface area contributed by atoms with Crippen molar-refractivity contribution in [3.8, 4) is 11.8 Å². The van der Waals surface area contributed by atoms with Crippen molar-refractivity contribution < 1.29 is 14.7 Å². The molecule has 0 saturated heterocycles. The zero-order valence-electron chi connectivity index (χ0n) is 14.4. The lowest BCUT2D eigenvalue weighted by Crippen LogP contribution is -2.54. The van der Waals surface area contributed by atoms with Crippen molar-refractivity contribution in [1.29, 1.82) is 0 Å². The first kappa shape index (κ1) is 19.2. The minimum absolute atomic E-state index is 0.298. The number of aliphatic hydroxyl groups excluding tert-OH is 1. The molecule has 0 aliphatic carbocycles. The van der Waals surface area contributed by atoms with Crippen molar-refractivity contribution in [1.82, 2.24) is 10.7 Å². The zero-order chi connectivity index (χ0) is 18.9. The largest absolute Gasteiger partial charge is 0.390 e. The molecule has 0 aliphatic rings. The standard InChI is InChI=1S/C20H21N3O3/c1-2-17(24)18(20(26)23-21)22-19(25)16-12-10-15(11-13-16)9-8-14-6-4-3-5-7-14/h3-7,10-13,17-18,24H,2,21H2,1H3,(H,22,25)(H,23,26)/t17-,18+/m1/s1. The maximum Gasteiger partial charge on any atom is 0.259 e.